The molecule has 1 atom stereocenters. The van der Waals surface area contributed by atoms with Crippen molar-refractivity contribution in [2.24, 2.45) is 0 Å². The van der Waals surface area contributed by atoms with Crippen molar-refractivity contribution in [1.29, 1.82) is 0 Å². The molecular weight excluding hydrogens is 300 g/mol. The number of carbonyl (C=O) groups is 1. The lowest BCUT2D eigenvalue weighted by molar-refractivity contribution is -0.137. The molecule has 0 aliphatic rings. The lowest BCUT2D eigenvalue weighted by atomic mass is 9.95. The number of aliphatic carboxylic acids is 1. The molecule has 0 saturated heterocycles. The van der Waals surface area contributed by atoms with Crippen LogP contribution >= 0.6 is 15.9 Å². The minimum atomic E-state index is -0.787. The Morgan fingerprint density at radius 1 is 1.33 bits per heavy atom. The normalized spacial score (nSPS) is 12.0. The first-order valence-electron chi connectivity index (χ1n) is 5.62. The van der Waals surface area contributed by atoms with Gasteiger partial charge in [-0.05, 0) is 40.4 Å². The molecule has 1 aromatic carbocycles. The van der Waals surface area contributed by atoms with E-state index in [-0.39, 0.29) is 12.3 Å². The Kier molecular flexibility index (Phi) is 5.47. The summed E-state index contributed by atoms with van der Waals surface area (Å²) in [5.41, 5.74) is 0.957. The van der Waals surface area contributed by atoms with Crippen LogP contribution in [0.3, 0.4) is 0 Å². The van der Waals surface area contributed by atoms with Gasteiger partial charge >= 0.3 is 5.97 Å². The molecule has 0 radical (unpaired) electrons. The largest absolute Gasteiger partial charge is 0.496 e. The fraction of sp³-hybridized carbons (Fsp3) is 0.462. The van der Waals surface area contributed by atoms with E-state index in [1.54, 1.807) is 14.2 Å². The van der Waals surface area contributed by atoms with Gasteiger partial charge in [0.1, 0.15) is 11.5 Å². The second-order valence-corrected chi connectivity index (χ2v) is 4.92. The SMILES string of the molecule is COc1cc(C(C)CCC(=O)O)c(OC)cc1Br. The Morgan fingerprint density at radius 2 is 1.94 bits per heavy atom. The number of carboxylic acids is 1. The molecule has 0 bridgehead atoms. The van der Waals surface area contributed by atoms with Crippen LogP contribution in [-0.4, -0.2) is 25.3 Å². The van der Waals surface area contributed by atoms with Crippen LogP contribution in [0.5, 0.6) is 11.5 Å². The monoisotopic (exact) mass is 316 g/mol. The molecule has 100 valence electrons. The molecule has 5 heteroatoms. The van der Waals surface area contributed by atoms with Gasteiger partial charge in [-0.25, -0.2) is 0 Å². The van der Waals surface area contributed by atoms with E-state index >= 15 is 0 Å². The number of hydrogen-bond donors (Lipinski definition) is 1. The number of hydrogen-bond acceptors (Lipinski definition) is 3. The molecule has 1 N–H and O–H groups in total. The molecule has 0 amide bonds. The van der Waals surface area contributed by atoms with Crippen LogP contribution in [0.1, 0.15) is 31.2 Å². The van der Waals surface area contributed by atoms with Gasteiger partial charge in [-0.15, -0.1) is 0 Å². The molecule has 4 nitrogen and oxygen atoms in total. The van der Waals surface area contributed by atoms with Gasteiger partial charge in [0.2, 0.25) is 0 Å². The lowest BCUT2D eigenvalue weighted by Crippen LogP contribution is -2.03. The highest BCUT2D eigenvalue weighted by Gasteiger charge is 2.16. The number of rotatable bonds is 6. The van der Waals surface area contributed by atoms with Gasteiger partial charge in [0.25, 0.3) is 0 Å². The fourth-order valence-electron chi connectivity index (χ4n) is 1.76. The van der Waals surface area contributed by atoms with Crippen LogP contribution in [-0.2, 0) is 4.79 Å². The number of halogens is 1. The third kappa shape index (κ3) is 3.63. The van der Waals surface area contributed by atoms with Crippen molar-refractivity contribution < 1.29 is 19.4 Å². The summed E-state index contributed by atoms with van der Waals surface area (Å²) in [6.45, 7) is 1.98. The van der Waals surface area contributed by atoms with E-state index in [2.05, 4.69) is 15.9 Å². The summed E-state index contributed by atoms with van der Waals surface area (Å²) in [7, 11) is 3.19. The van der Waals surface area contributed by atoms with Gasteiger partial charge in [0.15, 0.2) is 0 Å². The molecule has 1 unspecified atom stereocenters. The van der Waals surface area contributed by atoms with E-state index in [0.717, 1.165) is 15.8 Å². The second kappa shape index (κ2) is 6.64. The van der Waals surface area contributed by atoms with Crippen molar-refractivity contribution >= 4 is 21.9 Å². The molecule has 0 aliphatic carbocycles. The molecule has 18 heavy (non-hydrogen) atoms. The third-order valence-corrected chi connectivity index (χ3v) is 3.45. The molecule has 0 aliphatic heterocycles. The Morgan fingerprint density at radius 3 is 2.44 bits per heavy atom. The third-order valence-electron chi connectivity index (χ3n) is 2.83. The Bertz CT molecular complexity index is 431. The van der Waals surface area contributed by atoms with Gasteiger partial charge in [0.05, 0.1) is 18.7 Å². The van der Waals surface area contributed by atoms with Gasteiger partial charge in [0, 0.05) is 12.0 Å². The van der Waals surface area contributed by atoms with Crippen LogP contribution < -0.4 is 9.47 Å². The summed E-state index contributed by atoms with van der Waals surface area (Å²) >= 11 is 3.39. The molecule has 1 rings (SSSR count). The van der Waals surface area contributed by atoms with E-state index in [1.807, 2.05) is 19.1 Å². The molecule has 0 spiro atoms. The van der Waals surface area contributed by atoms with E-state index < -0.39 is 5.97 Å². The van der Waals surface area contributed by atoms with Gasteiger partial charge < -0.3 is 14.6 Å². The highest BCUT2D eigenvalue weighted by atomic mass is 79.9. The van der Waals surface area contributed by atoms with Crippen LogP contribution in [0.4, 0.5) is 0 Å². The number of methoxy groups -OCH3 is 2. The first-order chi connectivity index (χ1) is 8.49. The Hall–Kier alpha value is -1.23. The summed E-state index contributed by atoms with van der Waals surface area (Å²) < 4.78 is 11.4. The van der Waals surface area contributed by atoms with Crippen molar-refractivity contribution in [2.45, 2.75) is 25.7 Å². The van der Waals surface area contributed by atoms with Crippen LogP contribution in [0.2, 0.25) is 0 Å². The van der Waals surface area contributed by atoms with Crippen molar-refractivity contribution in [3.8, 4) is 11.5 Å². The number of ether oxygens (including phenoxy) is 2. The zero-order valence-electron chi connectivity index (χ0n) is 10.7. The van der Waals surface area contributed by atoms with Crippen molar-refractivity contribution in [2.75, 3.05) is 14.2 Å². The lowest BCUT2D eigenvalue weighted by Gasteiger charge is -2.17. The van der Waals surface area contributed by atoms with E-state index in [4.69, 9.17) is 14.6 Å². The summed E-state index contributed by atoms with van der Waals surface area (Å²) in [4.78, 5) is 10.6. The number of carboxylic acid groups (broad SMARTS) is 1. The minimum Gasteiger partial charge on any atom is -0.496 e. The zero-order chi connectivity index (χ0) is 13.7. The molecule has 0 fully saturated rings. The summed E-state index contributed by atoms with van der Waals surface area (Å²) in [5.74, 6) is 0.761. The van der Waals surface area contributed by atoms with Crippen molar-refractivity contribution in [3.05, 3.63) is 22.2 Å². The summed E-state index contributed by atoms with van der Waals surface area (Å²) in [6, 6.07) is 3.72. The highest BCUT2D eigenvalue weighted by Crippen LogP contribution is 2.37. The molecule has 1 aromatic rings. The van der Waals surface area contributed by atoms with Crippen LogP contribution in [0.25, 0.3) is 0 Å². The van der Waals surface area contributed by atoms with E-state index in [0.29, 0.717) is 12.2 Å². The van der Waals surface area contributed by atoms with Crippen molar-refractivity contribution in [3.63, 3.8) is 0 Å². The highest BCUT2D eigenvalue weighted by molar-refractivity contribution is 9.10. The van der Waals surface area contributed by atoms with Crippen molar-refractivity contribution in [1.82, 2.24) is 0 Å². The average molecular weight is 317 g/mol. The molecule has 0 aromatic heterocycles. The van der Waals surface area contributed by atoms with Gasteiger partial charge in [-0.3, -0.25) is 4.79 Å². The standard InChI is InChI=1S/C13H17BrO4/c1-8(4-5-13(15)16)9-6-12(18-3)10(14)7-11(9)17-2/h6-8H,4-5H2,1-3H3,(H,15,16). The Balaban J connectivity index is 3.01. The molecular formula is C13H17BrO4. The fourth-order valence-corrected chi connectivity index (χ4v) is 2.25. The number of benzene rings is 1. The van der Waals surface area contributed by atoms with E-state index in [1.165, 1.54) is 0 Å². The van der Waals surface area contributed by atoms with Crippen LogP contribution in [0, 0.1) is 0 Å². The predicted octanol–water partition coefficient (Wildman–Crippen LogP) is 3.43. The minimum absolute atomic E-state index is 0.0954. The van der Waals surface area contributed by atoms with Gasteiger partial charge in [-0.1, -0.05) is 6.92 Å². The topological polar surface area (TPSA) is 55.8 Å². The van der Waals surface area contributed by atoms with E-state index in [9.17, 15) is 4.79 Å². The summed E-state index contributed by atoms with van der Waals surface area (Å²) in [6.07, 6.45) is 0.708. The first kappa shape index (κ1) is 14.8. The zero-order valence-corrected chi connectivity index (χ0v) is 12.3. The Labute approximate surface area is 115 Å². The maximum Gasteiger partial charge on any atom is 0.303 e. The van der Waals surface area contributed by atoms with Gasteiger partial charge in [-0.2, -0.15) is 0 Å². The quantitative estimate of drug-likeness (QED) is 0.873. The smallest absolute Gasteiger partial charge is 0.303 e. The average Bonchev–Trinajstić information content (AvgIpc) is 2.35. The maximum absolute atomic E-state index is 10.6. The summed E-state index contributed by atoms with van der Waals surface area (Å²) in [5, 5.41) is 8.72. The molecule has 0 saturated carbocycles. The second-order valence-electron chi connectivity index (χ2n) is 4.06. The maximum atomic E-state index is 10.6. The first-order valence-corrected chi connectivity index (χ1v) is 6.42. The van der Waals surface area contributed by atoms with Crippen LogP contribution in [0.15, 0.2) is 16.6 Å². The molecule has 0 heterocycles. The predicted molar refractivity (Wildman–Crippen MR) is 72.5 cm³/mol.